The molecule has 0 fully saturated rings. The number of aryl methyl sites for hydroxylation is 1. The number of carboxylic acids is 1. The summed E-state index contributed by atoms with van der Waals surface area (Å²) in [6.45, 7) is 13.5. The molecule has 2 aromatic heterocycles. The van der Waals surface area contributed by atoms with Crippen molar-refractivity contribution in [1.82, 2.24) is 19.9 Å². The molecule has 0 saturated heterocycles. The minimum absolute atomic E-state index is 0.00214. The predicted octanol–water partition coefficient (Wildman–Crippen LogP) is 6.22. The molecule has 2 aromatic rings. The van der Waals surface area contributed by atoms with E-state index < -0.39 is 11.9 Å². The Morgan fingerprint density at radius 1 is 1.00 bits per heavy atom. The Labute approximate surface area is 259 Å². The lowest BCUT2D eigenvalue weighted by atomic mass is 9.85. The summed E-state index contributed by atoms with van der Waals surface area (Å²) in [6, 6.07) is 5.58. The van der Waals surface area contributed by atoms with E-state index in [4.69, 9.17) is 14.7 Å². The highest BCUT2D eigenvalue weighted by Gasteiger charge is 2.39. The zero-order valence-electron chi connectivity index (χ0n) is 25.5. The average Bonchev–Trinajstić information content (AvgIpc) is 3.76. The van der Waals surface area contributed by atoms with Gasteiger partial charge >= 0.3 is 11.9 Å². The summed E-state index contributed by atoms with van der Waals surface area (Å²) < 4.78 is 5.12. The number of aliphatic hydroxyl groups is 2. The van der Waals surface area contributed by atoms with Crippen molar-refractivity contribution in [1.29, 1.82) is 0 Å². The van der Waals surface area contributed by atoms with E-state index in [1.807, 2.05) is 39.0 Å². The van der Waals surface area contributed by atoms with Crippen molar-refractivity contribution >= 4 is 56.6 Å². The highest BCUT2D eigenvalue weighted by atomic mass is 16.5. The summed E-state index contributed by atoms with van der Waals surface area (Å²) in [4.78, 5) is 41.6. The molecular formula is C35H34N4O6. The van der Waals surface area contributed by atoms with Crippen LogP contribution in [-0.2, 0) is 14.3 Å². The number of ether oxygens (including phenoxy) is 1. The molecule has 8 bridgehead atoms. The predicted molar refractivity (Wildman–Crippen MR) is 173 cm³/mol. The number of carbonyl (C=O) groups is 2. The molecule has 10 heteroatoms. The highest BCUT2D eigenvalue weighted by molar-refractivity contribution is 6.30. The topological polar surface area (TPSA) is 161 Å². The van der Waals surface area contributed by atoms with Crippen LogP contribution in [0.2, 0.25) is 0 Å². The number of hydrogen-bond donors (Lipinski definition) is 5. The molecule has 6 rings (SSSR count). The minimum atomic E-state index is -0.931. The van der Waals surface area contributed by atoms with Crippen LogP contribution in [0.1, 0.15) is 89.4 Å². The number of nitrogens with zero attached hydrogens (tertiary/aromatic N) is 2. The van der Waals surface area contributed by atoms with Gasteiger partial charge in [0.25, 0.3) is 0 Å². The summed E-state index contributed by atoms with van der Waals surface area (Å²) >= 11 is 0. The first-order valence-corrected chi connectivity index (χ1v) is 14.7. The smallest absolute Gasteiger partial charge is 0.342 e. The maximum Gasteiger partial charge on any atom is 0.342 e. The zero-order valence-corrected chi connectivity index (χ0v) is 25.5. The number of esters is 1. The lowest BCUT2D eigenvalue weighted by Gasteiger charge is -2.17. The van der Waals surface area contributed by atoms with Crippen molar-refractivity contribution in [3.8, 4) is 0 Å². The first-order chi connectivity index (χ1) is 21.5. The van der Waals surface area contributed by atoms with Gasteiger partial charge in [-0.3, -0.25) is 4.79 Å². The van der Waals surface area contributed by atoms with Crippen LogP contribution < -0.4 is 0 Å². The van der Waals surface area contributed by atoms with E-state index in [9.17, 15) is 24.9 Å². The third kappa shape index (κ3) is 4.52. The van der Waals surface area contributed by atoms with Gasteiger partial charge in [0, 0.05) is 63.0 Å². The van der Waals surface area contributed by atoms with Gasteiger partial charge in [-0.1, -0.05) is 32.2 Å². The molecule has 0 spiro atoms. The molecule has 5 heterocycles. The van der Waals surface area contributed by atoms with Crippen LogP contribution in [0, 0.1) is 6.92 Å². The van der Waals surface area contributed by atoms with E-state index in [1.165, 1.54) is 7.11 Å². The number of nitrogens with one attached hydrogen (secondary N) is 2. The van der Waals surface area contributed by atoms with Crippen molar-refractivity contribution in [2.24, 2.45) is 0 Å². The summed E-state index contributed by atoms with van der Waals surface area (Å²) in [7, 11) is 1.25. The molecule has 230 valence electrons. The number of hydrogen-bond acceptors (Lipinski definition) is 7. The van der Waals surface area contributed by atoms with E-state index in [0.717, 1.165) is 16.8 Å². The molecule has 3 aliphatic heterocycles. The Kier molecular flexibility index (Phi) is 7.33. The van der Waals surface area contributed by atoms with E-state index in [-0.39, 0.29) is 36.2 Å². The van der Waals surface area contributed by atoms with Crippen LogP contribution in [0.4, 0.5) is 0 Å². The van der Waals surface area contributed by atoms with Crippen molar-refractivity contribution in [2.45, 2.75) is 45.4 Å². The van der Waals surface area contributed by atoms with Gasteiger partial charge in [-0.2, -0.15) is 0 Å². The number of fused-ring (bicyclic) bond motifs is 8. The van der Waals surface area contributed by atoms with Gasteiger partial charge in [0.05, 0.1) is 42.0 Å². The fourth-order valence-electron chi connectivity index (χ4n) is 6.80. The number of methoxy groups -OCH3 is 1. The van der Waals surface area contributed by atoms with E-state index >= 15 is 0 Å². The van der Waals surface area contributed by atoms with Crippen LogP contribution in [-0.4, -0.2) is 60.9 Å². The first kappa shape index (κ1) is 29.8. The molecule has 4 aliphatic rings. The standard InChI is InChI=1S/C35H34N4O6/c1-7-18-15(3)22-11-23-16(4)20(9-10-28(41)42)32(38-23)30-31(35(44)45-6)34(43)29-17(5)24(39-33(29)30)12-26-19(8-2)21(14-40)27(37-26)13-25(18)36-22/h7-8,11-13,16,20,38-40,43H,1-2,9-10,14H2,3-6H3,(H,41,42)/t16-,20-/m0/s1. The Hall–Kier alpha value is -5.22. The van der Waals surface area contributed by atoms with Crippen LogP contribution >= 0.6 is 0 Å². The van der Waals surface area contributed by atoms with Crippen LogP contribution in [0.25, 0.3) is 44.7 Å². The Morgan fingerprint density at radius 2 is 1.69 bits per heavy atom. The van der Waals surface area contributed by atoms with Crippen LogP contribution in [0.15, 0.2) is 43.5 Å². The average molecular weight is 607 g/mol. The Balaban J connectivity index is 1.82. The molecule has 0 radical (unpaired) electrons. The molecule has 1 aliphatic carbocycles. The van der Waals surface area contributed by atoms with E-state index in [0.29, 0.717) is 73.8 Å². The molecule has 0 saturated carbocycles. The maximum absolute atomic E-state index is 13.2. The Morgan fingerprint density at radius 3 is 2.33 bits per heavy atom. The molecule has 0 amide bonds. The number of aliphatic hydroxyl groups excluding tert-OH is 2. The van der Waals surface area contributed by atoms with Gasteiger partial charge in [0.2, 0.25) is 0 Å². The van der Waals surface area contributed by atoms with Crippen LogP contribution in [0.3, 0.4) is 0 Å². The number of H-pyrrole nitrogens is 2. The second kappa shape index (κ2) is 11.0. The number of carbonyl (C=O) groups excluding carboxylic acids is 1. The number of allylic oxidation sites excluding steroid dienone is 5. The largest absolute Gasteiger partial charge is 0.506 e. The number of aromatic amines is 2. The molecule has 45 heavy (non-hydrogen) atoms. The molecule has 5 N–H and O–H groups in total. The number of aliphatic carboxylic acids is 1. The third-order valence-electron chi connectivity index (χ3n) is 9.20. The summed E-state index contributed by atoms with van der Waals surface area (Å²) in [5, 5.41) is 31.5. The lowest BCUT2D eigenvalue weighted by Crippen LogP contribution is -2.10. The fraction of sp³-hybridized carbons (Fsp3) is 0.257. The molecule has 10 nitrogen and oxygen atoms in total. The van der Waals surface area contributed by atoms with Gasteiger partial charge in [0.1, 0.15) is 11.3 Å². The third-order valence-corrected chi connectivity index (χ3v) is 9.20. The summed E-state index contributed by atoms with van der Waals surface area (Å²) in [5.41, 5.74) is 9.50. The van der Waals surface area contributed by atoms with Crippen molar-refractivity contribution < 1.29 is 29.6 Å². The normalized spacial score (nSPS) is 18.0. The number of rotatable bonds is 7. The van der Waals surface area contributed by atoms with Crippen LogP contribution in [0.5, 0.6) is 0 Å². The molecule has 0 aromatic carbocycles. The van der Waals surface area contributed by atoms with Gasteiger partial charge in [0.15, 0.2) is 0 Å². The first-order valence-electron chi connectivity index (χ1n) is 14.7. The summed E-state index contributed by atoms with van der Waals surface area (Å²) in [5.74, 6) is -2.38. The van der Waals surface area contributed by atoms with Crippen molar-refractivity contribution in [3.63, 3.8) is 0 Å². The van der Waals surface area contributed by atoms with E-state index in [1.54, 1.807) is 12.2 Å². The van der Waals surface area contributed by atoms with Gasteiger partial charge < -0.3 is 30.0 Å². The quantitative estimate of drug-likeness (QED) is 0.232. The molecule has 2 atom stereocenters. The van der Waals surface area contributed by atoms with Crippen molar-refractivity contribution in [2.75, 3.05) is 13.7 Å². The summed E-state index contributed by atoms with van der Waals surface area (Å²) in [6.07, 6.45) is 3.59. The monoisotopic (exact) mass is 606 g/mol. The maximum atomic E-state index is 13.2. The fourth-order valence-corrected chi connectivity index (χ4v) is 6.80. The zero-order chi connectivity index (χ0) is 32.3. The number of aromatic nitrogens is 4. The molecular weight excluding hydrogens is 572 g/mol. The number of carboxylic acid groups (broad SMARTS) is 1. The second-order valence-corrected chi connectivity index (χ2v) is 11.5. The van der Waals surface area contributed by atoms with Gasteiger partial charge in [-0.15, -0.1) is 0 Å². The molecule has 0 unspecified atom stereocenters. The van der Waals surface area contributed by atoms with Gasteiger partial charge in [-0.25, -0.2) is 14.8 Å². The SMILES string of the molecule is C=CC1=C(C)c2cc3[nH]c(c4c5[nH]c(cc6nc(cc1n2)C(CO)=C6C=C)c(C)c5C(O)=C4C(=O)OC)[C@@H](CCC(=O)O)[C@@H]3C. The van der Waals surface area contributed by atoms with Crippen molar-refractivity contribution in [3.05, 3.63) is 94.4 Å². The Bertz CT molecular complexity index is 2020. The highest BCUT2D eigenvalue weighted by Crippen LogP contribution is 2.49. The second-order valence-electron chi connectivity index (χ2n) is 11.5. The van der Waals surface area contributed by atoms with E-state index in [2.05, 4.69) is 23.1 Å². The lowest BCUT2D eigenvalue weighted by molar-refractivity contribution is -0.137. The minimum Gasteiger partial charge on any atom is -0.506 e. The van der Waals surface area contributed by atoms with Gasteiger partial charge in [-0.05, 0) is 49.6 Å².